The first-order chi connectivity index (χ1) is 6.51. The summed E-state index contributed by atoms with van der Waals surface area (Å²) in [5.41, 5.74) is 5.12. The number of hydrogen-bond acceptors (Lipinski definition) is 5. The van der Waals surface area contributed by atoms with Gasteiger partial charge in [-0.15, -0.1) is 0 Å². The molecule has 0 aliphatic carbocycles. The Kier molecular flexibility index (Phi) is 5.42. The number of rotatable bonds is 6. The van der Waals surface area contributed by atoms with Crippen LogP contribution in [0.4, 0.5) is 0 Å². The number of aldehydes is 1. The van der Waals surface area contributed by atoms with Gasteiger partial charge in [-0.1, -0.05) is 0 Å². The molecule has 0 bridgehead atoms. The van der Waals surface area contributed by atoms with Crippen LogP contribution in [0.3, 0.4) is 0 Å². The lowest BCUT2D eigenvalue weighted by atomic mass is 10.2. The highest BCUT2D eigenvalue weighted by Gasteiger charge is 2.18. The van der Waals surface area contributed by atoms with Crippen LogP contribution in [0.1, 0.15) is 6.42 Å². The second-order valence-electron chi connectivity index (χ2n) is 2.64. The van der Waals surface area contributed by atoms with Crippen LogP contribution in [-0.4, -0.2) is 47.1 Å². The van der Waals surface area contributed by atoms with Gasteiger partial charge >= 0.3 is 5.97 Å². The molecule has 0 spiro atoms. The average Bonchev–Trinajstić information content (AvgIpc) is 2.14. The number of hydrogen-bond donors (Lipinski definition) is 4. The molecule has 1 amide bonds. The third-order valence-electron chi connectivity index (χ3n) is 1.42. The van der Waals surface area contributed by atoms with E-state index in [1.807, 2.05) is 0 Å². The van der Waals surface area contributed by atoms with Crippen molar-refractivity contribution in [3.8, 4) is 0 Å². The molecular weight excluding hydrogens is 192 g/mol. The van der Waals surface area contributed by atoms with Gasteiger partial charge in [0.25, 0.3) is 0 Å². The molecule has 0 saturated heterocycles. The van der Waals surface area contributed by atoms with E-state index < -0.39 is 37.0 Å². The smallest absolute Gasteiger partial charge is 0.305 e. The topological polar surface area (TPSA) is 130 Å². The van der Waals surface area contributed by atoms with Crippen molar-refractivity contribution < 1.29 is 24.6 Å². The van der Waals surface area contributed by atoms with Crippen LogP contribution in [0, 0.1) is 0 Å². The first-order valence-corrected chi connectivity index (χ1v) is 3.85. The fourth-order valence-electron chi connectivity index (χ4n) is 0.694. The quantitative estimate of drug-likeness (QED) is 0.353. The minimum Gasteiger partial charge on any atom is -0.481 e. The Morgan fingerprint density at radius 1 is 1.50 bits per heavy atom. The van der Waals surface area contributed by atoms with Gasteiger partial charge in [0.2, 0.25) is 5.91 Å². The Labute approximate surface area is 79.9 Å². The first-order valence-electron chi connectivity index (χ1n) is 3.85. The van der Waals surface area contributed by atoms with Crippen molar-refractivity contribution >= 4 is 18.2 Å². The van der Waals surface area contributed by atoms with Crippen molar-refractivity contribution in [2.24, 2.45) is 5.73 Å². The lowest BCUT2D eigenvalue weighted by Crippen LogP contribution is -2.48. The molecular formula is C7H12N2O5. The summed E-state index contributed by atoms with van der Waals surface area (Å²) in [6.07, 6.45) is -0.205. The molecule has 0 saturated carbocycles. The zero-order valence-corrected chi connectivity index (χ0v) is 7.34. The van der Waals surface area contributed by atoms with Crippen molar-refractivity contribution in [3.05, 3.63) is 0 Å². The molecule has 14 heavy (non-hydrogen) atoms. The number of carboxylic acid groups (broad SMARTS) is 1. The van der Waals surface area contributed by atoms with Gasteiger partial charge in [-0.2, -0.15) is 0 Å². The Morgan fingerprint density at radius 2 is 2.07 bits per heavy atom. The summed E-state index contributed by atoms with van der Waals surface area (Å²) < 4.78 is 0. The predicted molar refractivity (Wildman–Crippen MR) is 45.3 cm³/mol. The molecule has 0 aromatic rings. The summed E-state index contributed by atoms with van der Waals surface area (Å²) in [6.45, 7) is -0.565. The Bertz CT molecular complexity index is 230. The number of aliphatic hydroxyl groups excluding tert-OH is 1. The third-order valence-corrected chi connectivity index (χ3v) is 1.42. The van der Waals surface area contributed by atoms with E-state index >= 15 is 0 Å². The monoisotopic (exact) mass is 204 g/mol. The summed E-state index contributed by atoms with van der Waals surface area (Å²) in [6, 6.07) is -2.26. The lowest BCUT2D eigenvalue weighted by Gasteiger charge is -2.13. The summed E-state index contributed by atoms with van der Waals surface area (Å²) in [5.74, 6) is -1.97. The maximum Gasteiger partial charge on any atom is 0.305 e. The van der Waals surface area contributed by atoms with Gasteiger partial charge in [0, 0.05) is 0 Å². The summed E-state index contributed by atoms with van der Waals surface area (Å²) in [5, 5.41) is 18.9. The minimum atomic E-state index is -1.21. The van der Waals surface area contributed by atoms with E-state index in [4.69, 9.17) is 15.9 Å². The minimum absolute atomic E-state index is 0.302. The van der Waals surface area contributed by atoms with E-state index in [1.165, 1.54) is 0 Å². The van der Waals surface area contributed by atoms with Crippen LogP contribution in [0.15, 0.2) is 0 Å². The van der Waals surface area contributed by atoms with Crippen molar-refractivity contribution in [1.29, 1.82) is 0 Å². The number of aliphatic carboxylic acids is 1. The van der Waals surface area contributed by atoms with E-state index in [9.17, 15) is 14.4 Å². The molecule has 7 nitrogen and oxygen atoms in total. The van der Waals surface area contributed by atoms with Gasteiger partial charge in [-0.3, -0.25) is 9.59 Å². The number of carbonyl (C=O) groups excluding carboxylic acids is 2. The summed E-state index contributed by atoms with van der Waals surface area (Å²) in [7, 11) is 0. The highest BCUT2D eigenvalue weighted by molar-refractivity contribution is 5.85. The standard InChI is InChI=1S/C7H12N2O5/c8-5(3-11)7(14)9-4(2-10)1-6(12)13/h2,4-5,11H,1,3,8H2,(H,9,14)(H,12,13)/t4-,5-/m1/s1. The fourth-order valence-corrected chi connectivity index (χ4v) is 0.694. The van der Waals surface area contributed by atoms with E-state index in [0.29, 0.717) is 6.29 Å². The van der Waals surface area contributed by atoms with Crippen LogP contribution in [0.2, 0.25) is 0 Å². The second kappa shape index (κ2) is 6.06. The predicted octanol–water partition coefficient (Wildman–Crippen LogP) is -2.54. The second-order valence-corrected chi connectivity index (χ2v) is 2.64. The van der Waals surface area contributed by atoms with Crippen LogP contribution in [-0.2, 0) is 14.4 Å². The maximum absolute atomic E-state index is 11.0. The van der Waals surface area contributed by atoms with Crippen LogP contribution in [0.5, 0.6) is 0 Å². The molecule has 0 aromatic heterocycles. The van der Waals surface area contributed by atoms with Crippen molar-refractivity contribution in [2.75, 3.05) is 6.61 Å². The van der Waals surface area contributed by atoms with Crippen LogP contribution < -0.4 is 11.1 Å². The van der Waals surface area contributed by atoms with Crippen molar-refractivity contribution in [1.82, 2.24) is 5.32 Å². The van der Waals surface area contributed by atoms with Gasteiger partial charge in [0.15, 0.2) is 0 Å². The molecule has 0 radical (unpaired) electrons. The summed E-state index contributed by atoms with van der Waals surface area (Å²) in [4.78, 5) is 31.5. The zero-order chi connectivity index (χ0) is 11.1. The number of nitrogens with two attached hydrogens (primary N) is 1. The summed E-state index contributed by atoms with van der Waals surface area (Å²) >= 11 is 0. The molecule has 0 aromatic carbocycles. The molecule has 0 aliphatic rings. The van der Waals surface area contributed by atoms with E-state index in [0.717, 1.165) is 0 Å². The Hall–Kier alpha value is -1.47. The molecule has 0 heterocycles. The number of nitrogens with one attached hydrogen (secondary N) is 1. The molecule has 0 rings (SSSR count). The van der Waals surface area contributed by atoms with E-state index in [-0.39, 0.29) is 0 Å². The Balaban J connectivity index is 4.11. The van der Waals surface area contributed by atoms with E-state index in [1.54, 1.807) is 0 Å². The largest absolute Gasteiger partial charge is 0.481 e. The number of carboxylic acids is 1. The SMILES string of the molecule is N[C@H](CO)C(=O)N[C@@H](C=O)CC(=O)O. The normalized spacial score (nSPS) is 14.1. The van der Waals surface area contributed by atoms with Crippen LogP contribution >= 0.6 is 0 Å². The number of aliphatic hydroxyl groups is 1. The highest BCUT2D eigenvalue weighted by atomic mass is 16.4. The molecule has 0 aliphatic heterocycles. The highest BCUT2D eigenvalue weighted by Crippen LogP contribution is 1.89. The van der Waals surface area contributed by atoms with Gasteiger partial charge in [-0.25, -0.2) is 0 Å². The third kappa shape index (κ3) is 4.53. The molecule has 5 N–H and O–H groups in total. The molecule has 0 fully saturated rings. The van der Waals surface area contributed by atoms with Gasteiger partial charge in [0.05, 0.1) is 19.1 Å². The maximum atomic E-state index is 11.0. The van der Waals surface area contributed by atoms with E-state index in [2.05, 4.69) is 5.32 Å². The average molecular weight is 204 g/mol. The molecule has 7 heteroatoms. The van der Waals surface area contributed by atoms with Crippen molar-refractivity contribution in [3.63, 3.8) is 0 Å². The number of amides is 1. The van der Waals surface area contributed by atoms with Crippen molar-refractivity contribution in [2.45, 2.75) is 18.5 Å². The number of carbonyl (C=O) groups is 3. The van der Waals surface area contributed by atoms with Gasteiger partial charge < -0.3 is 26.1 Å². The fraction of sp³-hybridized carbons (Fsp3) is 0.571. The van der Waals surface area contributed by atoms with Crippen LogP contribution in [0.25, 0.3) is 0 Å². The molecule has 0 unspecified atom stereocenters. The zero-order valence-electron chi connectivity index (χ0n) is 7.34. The Morgan fingerprint density at radius 3 is 2.43 bits per heavy atom. The molecule has 80 valence electrons. The lowest BCUT2D eigenvalue weighted by molar-refractivity contribution is -0.138. The van der Waals surface area contributed by atoms with Gasteiger partial charge in [0.1, 0.15) is 12.3 Å². The molecule has 2 atom stereocenters. The van der Waals surface area contributed by atoms with Gasteiger partial charge in [-0.05, 0) is 0 Å². The first kappa shape index (κ1) is 12.5.